The third-order valence-corrected chi connectivity index (χ3v) is 2.88. The lowest BCUT2D eigenvalue weighted by molar-refractivity contribution is -0.130. The van der Waals surface area contributed by atoms with Crippen LogP contribution in [-0.4, -0.2) is 45.5 Å². The molecule has 0 radical (unpaired) electrons. The van der Waals surface area contributed by atoms with Crippen LogP contribution in [0.1, 0.15) is 29.2 Å². The van der Waals surface area contributed by atoms with Gasteiger partial charge in [0.2, 0.25) is 5.91 Å². The number of nitrogens with one attached hydrogen (secondary N) is 2. The molecule has 0 spiro atoms. The number of amides is 2. The largest absolute Gasteiger partial charge is 0.459 e. The summed E-state index contributed by atoms with van der Waals surface area (Å²) in [5.41, 5.74) is 0. The predicted molar refractivity (Wildman–Crippen MR) is 73.1 cm³/mol. The smallest absolute Gasteiger partial charge is 0.286 e. The normalized spacial score (nSPS) is 10.3. The first kappa shape index (κ1) is 14.8. The summed E-state index contributed by atoms with van der Waals surface area (Å²) >= 11 is 0. The van der Waals surface area contributed by atoms with Gasteiger partial charge in [0.05, 0.1) is 12.8 Å². The van der Waals surface area contributed by atoms with Crippen LogP contribution in [0.4, 0.5) is 0 Å². The van der Waals surface area contributed by atoms with Crippen molar-refractivity contribution in [2.75, 3.05) is 13.6 Å². The zero-order valence-corrected chi connectivity index (χ0v) is 11.7. The van der Waals surface area contributed by atoms with Crippen LogP contribution in [0.15, 0.2) is 29.1 Å². The number of hydrogen-bond acceptors (Lipinski definition) is 5. The molecule has 0 aliphatic carbocycles. The van der Waals surface area contributed by atoms with E-state index >= 15 is 0 Å². The number of H-pyrrole nitrogens is 1. The second kappa shape index (κ2) is 7.22. The highest BCUT2D eigenvalue weighted by molar-refractivity contribution is 5.91. The van der Waals surface area contributed by atoms with E-state index < -0.39 is 0 Å². The fraction of sp³-hybridized carbons (Fsp3) is 0.385. The third kappa shape index (κ3) is 4.44. The maximum Gasteiger partial charge on any atom is 0.286 e. The van der Waals surface area contributed by atoms with Crippen LogP contribution in [0.2, 0.25) is 0 Å². The maximum absolute atomic E-state index is 11.9. The van der Waals surface area contributed by atoms with E-state index in [2.05, 4.69) is 20.5 Å². The highest BCUT2D eigenvalue weighted by Crippen LogP contribution is 2.01. The first-order chi connectivity index (χ1) is 10.2. The Hall–Kier alpha value is -2.64. The van der Waals surface area contributed by atoms with E-state index in [1.807, 2.05) is 0 Å². The first-order valence-corrected chi connectivity index (χ1v) is 6.56. The van der Waals surface area contributed by atoms with Gasteiger partial charge in [-0.05, 0) is 18.6 Å². The number of rotatable bonds is 7. The van der Waals surface area contributed by atoms with Crippen molar-refractivity contribution in [1.29, 1.82) is 0 Å². The highest BCUT2D eigenvalue weighted by Gasteiger charge is 2.11. The molecule has 8 nitrogen and oxygen atoms in total. The van der Waals surface area contributed by atoms with Crippen molar-refractivity contribution < 1.29 is 14.0 Å². The molecule has 2 rings (SSSR count). The van der Waals surface area contributed by atoms with Gasteiger partial charge in [0.1, 0.15) is 12.2 Å². The molecule has 0 bridgehead atoms. The summed E-state index contributed by atoms with van der Waals surface area (Å²) in [4.78, 5) is 29.0. The molecule has 0 saturated heterocycles. The zero-order valence-electron chi connectivity index (χ0n) is 11.7. The quantitative estimate of drug-likeness (QED) is 0.726. The van der Waals surface area contributed by atoms with E-state index in [0.29, 0.717) is 31.8 Å². The number of carbonyl (C=O) groups is 2. The lowest BCUT2D eigenvalue weighted by atomic mass is 10.2. The highest BCUT2D eigenvalue weighted by atomic mass is 16.3. The predicted octanol–water partition coefficient (Wildman–Crippen LogP) is 0.566. The molecule has 0 aliphatic heterocycles. The Labute approximate surface area is 121 Å². The molecule has 0 aromatic carbocycles. The van der Waals surface area contributed by atoms with Gasteiger partial charge in [0.25, 0.3) is 5.91 Å². The lowest BCUT2D eigenvalue weighted by Crippen LogP contribution is -2.29. The fourth-order valence-corrected chi connectivity index (χ4v) is 1.75. The molecule has 2 aromatic heterocycles. The third-order valence-electron chi connectivity index (χ3n) is 2.88. The molecular formula is C13H17N5O3. The van der Waals surface area contributed by atoms with Gasteiger partial charge in [-0.15, -0.1) is 0 Å². The Morgan fingerprint density at radius 1 is 1.48 bits per heavy atom. The van der Waals surface area contributed by atoms with Gasteiger partial charge in [-0.25, -0.2) is 4.98 Å². The monoisotopic (exact) mass is 291 g/mol. The number of nitrogens with zero attached hydrogens (tertiary/aromatic N) is 3. The summed E-state index contributed by atoms with van der Waals surface area (Å²) in [5, 5.41) is 9.11. The molecule has 2 aromatic rings. The topological polar surface area (TPSA) is 104 Å². The van der Waals surface area contributed by atoms with Gasteiger partial charge >= 0.3 is 0 Å². The summed E-state index contributed by atoms with van der Waals surface area (Å²) in [7, 11) is 1.70. The minimum absolute atomic E-state index is 0.0151. The maximum atomic E-state index is 11.9. The van der Waals surface area contributed by atoms with Crippen LogP contribution in [-0.2, 0) is 11.3 Å². The molecule has 112 valence electrons. The molecular weight excluding hydrogens is 274 g/mol. The summed E-state index contributed by atoms with van der Waals surface area (Å²) in [6.45, 7) is 0.805. The number of carbonyl (C=O) groups excluding carboxylic acids is 2. The van der Waals surface area contributed by atoms with Crippen molar-refractivity contribution in [2.45, 2.75) is 19.4 Å². The number of aromatic nitrogens is 3. The van der Waals surface area contributed by atoms with E-state index in [1.165, 1.54) is 12.6 Å². The standard InChI is InChI=1S/C13H17N5O3/c1-18(8-11-15-9-16-17-11)12(19)5-2-6-14-13(20)10-4-3-7-21-10/h3-4,7,9H,2,5-6,8H2,1H3,(H,14,20)(H,15,16,17). The minimum atomic E-state index is -0.275. The first-order valence-electron chi connectivity index (χ1n) is 6.56. The fourth-order valence-electron chi connectivity index (χ4n) is 1.75. The van der Waals surface area contributed by atoms with E-state index in [9.17, 15) is 9.59 Å². The Bertz CT molecular complexity index is 565. The summed E-state index contributed by atoms with van der Waals surface area (Å²) < 4.78 is 4.97. The number of hydrogen-bond donors (Lipinski definition) is 2. The van der Waals surface area contributed by atoms with Gasteiger partial charge in [-0.1, -0.05) is 0 Å². The van der Waals surface area contributed by atoms with Crippen molar-refractivity contribution in [3.63, 3.8) is 0 Å². The molecule has 21 heavy (non-hydrogen) atoms. The lowest BCUT2D eigenvalue weighted by Gasteiger charge is -2.15. The summed E-state index contributed by atoms with van der Waals surface area (Å²) in [6.07, 6.45) is 3.75. The Balaban J connectivity index is 1.64. The zero-order chi connectivity index (χ0) is 15.1. The SMILES string of the molecule is CN(Cc1ncn[nH]1)C(=O)CCCNC(=O)c1ccco1. The van der Waals surface area contributed by atoms with Crippen molar-refractivity contribution in [3.8, 4) is 0 Å². The molecule has 2 N–H and O–H groups in total. The molecule has 0 unspecified atom stereocenters. The van der Waals surface area contributed by atoms with Gasteiger partial charge in [0.15, 0.2) is 5.76 Å². The summed E-state index contributed by atoms with van der Waals surface area (Å²) in [5.74, 6) is 0.613. The van der Waals surface area contributed by atoms with Crippen molar-refractivity contribution >= 4 is 11.8 Å². The Morgan fingerprint density at radius 2 is 2.33 bits per heavy atom. The van der Waals surface area contributed by atoms with E-state index in [4.69, 9.17) is 4.42 Å². The average molecular weight is 291 g/mol. The second-order valence-electron chi connectivity index (χ2n) is 4.52. The van der Waals surface area contributed by atoms with Crippen molar-refractivity contribution in [2.24, 2.45) is 0 Å². The molecule has 8 heteroatoms. The Kier molecular flexibility index (Phi) is 5.08. The number of aromatic amines is 1. The Morgan fingerprint density at radius 3 is 3.00 bits per heavy atom. The van der Waals surface area contributed by atoms with Crippen LogP contribution in [0.25, 0.3) is 0 Å². The van der Waals surface area contributed by atoms with Crippen LogP contribution in [0.5, 0.6) is 0 Å². The number of furan rings is 1. The van der Waals surface area contributed by atoms with E-state index in [0.717, 1.165) is 0 Å². The van der Waals surface area contributed by atoms with E-state index in [-0.39, 0.29) is 17.6 Å². The van der Waals surface area contributed by atoms with Crippen LogP contribution in [0.3, 0.4) is 0 Å². The van der Waals surface area contributed by atoms with Crippen LogP contribution in [0, 0.1) is 0 Å². The molecule has 0 aliphatic rings. The molecule has 0 fully saturated rings. The second-order valence-corrected chi connectivity index (χ2v) is 4.52. The van der Waals surface area contributed by atoms with E-state index in [1.54, 1.807) is 24.1 Å². The minimum Gasteiger partial charge on any atom is -0.459 e. The van der Waals surface area contributed by atoms with Crippen molar-refractivity contribution in [3.05, 3.63) is 36.3 Å². The van der Waals surface area contributed by atoms with Gasteiger partial charge in [-0.2, -0.15) is 5.10 Å². The molecule has 2 amide bonds. The molecule has 0 atom stereocenters. The molecule has 0 saturated carbocycles. The average Bonchev–Trinajstić information content (AvgIpc) is 3.15. The van der Waals surface area contributed by atoms with Gasteiger partial charge in [0, 0.05) is 20.0 Å². The van der Waals surface area contributed by atoms with Crippen LogP contribution >= 0.6 is 0 Å². The molecule has 2 heterocycles. The van der Waals surface area contributed by atoms with Gasteiger partial charge < -0.3 is 14.6 Å². The van der Waals surface area contributed by atoms with Gasteiger partial charge in [-0.3, -0.25) is 14.7 Å². The summed E-state index contributed by atoms with van der Waals surface area (Å²) in [6, 6.07) is 3.24. The van der Waals surface area contributed by atoms with Crippen LogP contribution < -0.4 is 5.32 Å². The van der Waals surface area contributed by atoms with Crippen molar-refractivity contribution in [1.82, 2.24) is 25.4 Å².